The Labute approximate surface area is 227 Å². The third-order valence-electron chi connectivity index (χ3n) is 6.43. The van der Waals surface area contributed by atoms with Gasteiger partial charge in [-0.25, -0.2) is 0 Å². The molecule has 0 bridgehead atoms. The van der Waals surface area contributed by atoms with Crippen molar-refractivity contribution in [3.63, 3.8) is 0 Å². The van der Waals surface area contributed by atoms with Gasteiger partial charge in [-0.3, -0.25) is 0 Å². The van der Waals surface area contributed by atoms with Crippen LogP contribution in [0.4, 0.5) is 0 Å². The van der Waals surface area contributed by atoms with Crippen LogP contribution in [-0.2, 0) is 21.7 Å². The smallest absolute Gasteiger partial charge is 0.857 e. The van der Waals surface area contributed by atoms with Gasteiger partial charge < -0.3 is 15.3 Å². The van der Waals surface area contributed by atoms with Crippen LogP contribution in [0.2, 0.25) is 0 Å². The summed E-state index contributed by atoms with van der Waals surface area (Å²) >= 11 is 0. The minimum absolute atomic E-state index is 0. The van der Waals surface area contributed by atoms with Gasteiger partial charge in [-0.05, 0) is 0 Å². The normalized spacial score (nSPS) is 9.77. The summed E-state index contributed by atoms with van der Waals surface area (Å²) in [7, 11) is -0.150. The van der Waals surface area contributed by atoms with E-state index in [0.717, 1.165) is 21.3 Å². The van der Waals surface area contributed by atoms with E-state index in [4.69, 9.17) is 15.3 Å². The SMILES string of the molecule is C[O-].C[O-].C[O-].Cc1c(C)c(C)[c-]([Si](c2ccccc2)(c2ccccc2)c2ccccc2)c1C.[Ti+4]. The van der Waals surface area contributed by atoms with Gasteiger partial charge in [0.1, 0.15) is 8.07 Å². The Kier molecular flexibility index (Phi) is 15.5. The summed E-state index contributed by atoms with van der Waals surface area (Å²) in [4.78, 5) is 0. The Hall–Kier alpha value is -2.18. The van der Waals surface area contributed by atoms with E-state index in [1.54, 1.807) is 5.19 Å². The summed E-state index contributed by atoms with van der Waals surface area (Å²) in [6.45, 7) is 9.20. The Morgan fingerprint density at radius 2 is 0.686 bits per heavy atom. The Morgan fingerprint density at radius 3 is 0.914 bits per heavy atom. The van der Waals surface area contributed by atoms with Crippen LogP contribution >= 0.6 is 0 Å². The topological polar surface area (TPSA) is 69.2 Å². The second-order valence-electron chi connectivity index (χ2n) is 7.72. The first-order valence-electron chi connectivity index (χ1n) is 11.2. The molecule has 0 aliphatic rings. The van der Waals surface area contributed by atoms with Gasteiger partial charge in [0, 0.05) is 0 Å². The molecule has 0 heterocycles. The molecule has 0 radical (unpaired) electrons. The molecule has 4 aromatic rings. The van der Waals surface area contributed by atoms with Crippen LogP contribution in [0.5, 0.6) is 0 Å². The summed E-state index contributed by atoms with van der Waals surface area (Å²) in [5.74, 6) is 0. The zero-order valence-electron chi connectivity index (χ0n) is 21.9. The number of hydrogen-bond acceptors (Lipinski definition) is 3. The van der Waals surface area contributed by atoms with Crippen LogP contribution in [-0.4, -0.2) is 29.4 Å². The van der Waals surface area contributed by atoms with Crippen molar-refractivity contribution in [1.29, 1.82) is 0 Å². The first-order chi connectivity index (χ1) is 16.6. The quantitative estimate of drug-likeness (QED) is 0.229. The fraction of sp³-hybridized carbons (Fsp3) is 0.233. The molecule has 0 atom stereocenters. The molecule has 35 heavy (non-hydrogen) atoms. The molecule has 4 aromatic carbocycles. The van der Waals surface area contributed by atoms with Gasteiger partial charge in [-0.1, -0.05) is 134 Å². The van der Waals surface area contributed by atoms with Gasteiger partial charge in [0.15, 0.2) is 0 Å². The molecule has 3 nitrogen and oxygen atoms in total. The van der Waals surface area contributed by atoms with Gasteiger partial charge in [0.05, 0.1) is 0 Å². The summed E-state index contributed by atoms with van der Waals surface area (Å²) in [6.07, 6.45) is 0. The van der Waals surface area contributed by atoms with Crippen LogP contribution in [0.3, 0.4) is 0 Å². The zero-order valence-corrected chi connectivity index (χ0v) is 24.4. The van der Waals surface area contributed by atoms with E-state index in [2.05, 4.69) is 119 Å². The monoisotopic (exact) mass is 520 g/mol. The van der Waals surface area contributed by atoms with Crippen molar-refractivity contribution >= 4 is 28.8 Å². The standard InChI is InChI=1S/C27H27Si.3CH3O.Ti/c1-20-21(2)23(4)27(22(20)3)28(24-14-8-5-9-15-24,25-16-10-6-11-17-25)26-18-12-7-13-19-26;3*1-2;/h5-19H,1-4H3;3*1H3;/q4*-1;+4. The van der Waals surface area contributed by atoms with Crippen molar-refractivity contribution in [3.05, 3.63) is 113 Å². The molecule has 0 unspecified atom stereocenters. The van der Waals surface area contributed by atoms with Crippen molar-refractivity contribution in [3.8, 4) is 0 Å². The number of benzene rings is 3. The van der Waals surface area contributed by atoms with Gasteiger partial charge in [0.25, 0.3) is 0 Å². The first kappa shape index (κ1) is 32.8. The summed E-state index contributed by atoms with van der Waals surface area (Å²) < 4.78 is 0. The Morgan fingerprint density at radius 1 is 0.457 bits per heavy atom. The molecule has 0 aliphatic heterocycles. The summed E-state index contributed by atoms with van der Waals surface area (Å²) in [6, 6.07) is 33.5. The number of rotatable bonds is 4. The number of hydrogen-bond donors (Lipinski definition) is 0. The van der Waals surface area contributed by atoms with Crippen LogP contribution in [0.25, 0.3) is 0 Å². The average molecular weight is 521 g/mol. The molecule has 0 saturated carbocycles. The Bertz CT molecular complexity index is 973. The van der Waals surface area contributed by atoms with Gasteiger partial charge in [0.2, 0.25) is 0 Å². The second kappa shape index (κ2) is 16.5. The van der Waals surface area contributed by atoms with Crippen molar-refractivity contribution < 1.29 is 37.0 Å². The first-order valence-corrected chi connectivity index (χ1v) is 13.2. The van der Waals surface area contributed by atoms with Crippen molar-refractivity contribution in [2.45, 2.75) is 27.7 Å². The molecule has 0 amide bonds. The van der Waals surface area contributed by atoms with Crippen molar-refractivity contribution in [1.82, 2.24) is 0 Å². The third kappa shape index (κ3) is 6.53. The van der Waals surface area contributed by atoms with Crippen LogP contribution < -0.4 is 36.1 Å². The Balaban J connectivity index is 0.00000154. The molecule has 4 rings (SSSR count). The van der Waals surface area contributed by atoms with Crippen LogP contribution in [0.15, 0.2) is 91.0 Å². The molecule has 0 spiro atoms. The van der Waals surface area contributed by atoms with E-state index in [9.17, 15) is 0 Å². The van der Waals surface area contributed by atoms with Crippen molar-refractivity contribution in [2.75, 3.05) is 21.3 Å². The summed E-state index contributed by atoms with van der Waals surface area (Å²) in [5.41, 5.74) is 5.79. The zero-order chi connectivity index (χ0) is 25.7. The second-order valence-corrected chi connectivity index (χ2v) is 11.5. The van der Waals surface area contributed by atoms with E-state index >= 15 is 0 Å². The van der Waals surface area contributed by atoms with Gasteiger partial charge >= 0.3 is 21.7 Å². The fourth-order valence-electron chi connectivity index (χ4n) is 4.78. The molecular formula is C30H36O3SiTi. The van der Waals surface area contributed by atoms with E-state index in [1.807, 2.05) is 0 Å². The van der Waals surface area contributed by atoms with E-state index in [0.29, 0.717) is 0 Å². The maximum atomic E-state index is 8.25. The van der Waals surface area contributed by atoms with E-state index in [1.165, 1.54) is 37.8 Å². The van der Waals surface area contributed by atoms with Gasteiger partial charge in [-0.15, -0.1) is 5.19 Å². The molecular weight excluding hydrogens is 484 g/mol. The largest absolute Gasteiger partial charge is 4.00 e. The molecule has 0 aromatic heterocycles. The molecule has 0 aliphatic carbocycles. The molecule has 5 heteroatoms. The summed E-state index contributed by atoms with van der Waals surface area (Å²) in [5, 5.41) is 30.7. The van der Waals surface area contributed by atoms with Crippen LogP contribution in [0.1, 0.15) is 22.3 Å². The predicted molar refractivity (Wildman–Crippen MR) is 142 cm³/mol. The van der Waals surface area contributed by atoms with Crippen LogP contribution in [0, 0.1) is 27.7 Å². The third-order valence-corrected chi connectivity index (χ3v) is 11.5. The van der Waals surface area contributed by atoms with E-state index < -0.39 is 8.07 Å². The molecule has 0 saturated heterocycles. The van der Waals surface area contributed by atoms with E-state index in [-0.39, 0.29) is 21.7 Å². The fourth-order valence-corrected chi connectivity index (χ4v) is 10.2. The predicted octanol–water partition coefficient (Wildman–Crippen LogP) is 0.944. The molecule has 182 valence electrons. The maximum absolute atomic E-state index is 8.25. The average Bonchev–Trinajstić information content (AvgIpc) is 3.13. The minimum atomic E-state index is -2.40. The maximum Gasteiger partial charge on any atom is 4.00 e. The molecule has 0 N–H and O–H groups in total. The van der Waals surface area contributed by atoms with Crippen molar-refractivity contribution in [2.24, 2.45) is 0 Å². The minimum Gasteiger partial charge on any atom is -0.857 e. The molecule has 0 fully saturated rings. The van der Waals surface area contributed by atoms with Gasteiger partial charge in [-0.2, -0.15) is 43.6 Å².